The van der Waals surface area contributed by atoms with Crippen molar-refractivity contribution >= 4 is 0 Å². The molecule has 0 atom stereocenters. The largest absolute Gasteiger partial charge is 0.361 e. The second-order valence-corrected chi connectivity index (χ2v) is 3.24. The first kappa shape index (κ1) is 10.5. The van der Waals surface area contributed by atoms with E-state index in [1.54, 1.807) is 0 Å². The number of terminal acetylenes is 1. The third-order valence-corrected chi connectivity index (χ3v) is 2.06. The monoisotopic (exact) mass is 213 g/mol. The van der Waals surface area contributed by atoms with E-state index in [2.05, 4.69) is 11.1 Å². The summed E-state index contributed by atoms with van der Waals surface area (Å²) in [6.07, 6.45) is 5.07. The molecule has 0 unspecified atom stereocenters. The summed E-state index contributed by atoms with van der Waals surface area (Å²) in [7, 11) is 0. The van der Waals surface area contributed by atoms with E-state index in [4.69, 9.17) is 15.7 Å². The molecule has 0 saturated carbocycles. The molecule has 0 N–H and O–H groups in total. The van der Waals surface area contributed by atoms with E-state index in [9.17, 15) is 0 Å². The minimum atomic E-state index is 0.279. The Morgan fingerprint density at radius 1 is 1.31 bits per heavy atom. The third kappa shape index (κ3) is 2.50. The zero-order valence-electron chi connectivity index (χ0n) is 8.72. The molecule has 80 valence electrons. The van der Waals surface area contributed by atoms with Gasteiger partial charge in [-0.05, 0) is 0 Å². The van der Waals surface area contributed by atoms with Gasteiger partial charge in [-0.1, -0.05) is 41.4 Å². The average Bonchev–Trinajstić information content (AvgIpc) is 2.79. The van der Waals surface area contributed by atoms with Gasteiger partial charge in [0.25, 0.3) is 0 Å². The lowest BCUT2D eigenvalue weighted by Crippen LogP contribution is -1.90. The highest BCUT2D eigenvalue weighted by Gasteiger charge is 2.05. The number of rotatable bonds is 4. The predicted molar refractivity (Wildman–Crippen MR) is 60.4 cm³/mol. The van der Waals surface area contributed by atoms with E-state index < -0.39 is 0 Å². The van der Waals surface area contributed by atoms with E-state index in [-0.39, 0.29) is 6.61 Å². The van der Waals surface area contributed by atoms with Crippen LogP contribution in [0.15, 0.2) is 40.9 Å². The molecule has 3 heteroatoms. The van der Waals surface area contributed by atoms with Gasteiger partial charge in [0.15, 0.2) is 5.76 Å². The molecule has 0 spiro atoms. The molecule has 1 aromatic heterocycles. The van der Waals surface area contributed by atoms with Gasteiger partial charge in [-0.3, -0.25) is 0 Å². The van der Waals surface area contributed by atoms with Gasteiger partial charge in [-0.15, -0.1) is 6.42 Å². The van der Waals surface area contributed by atoms with Crippen LogP contribution in [0.1, 0.15) is 5.76 Å². The molecule has 16 heavy (non-hydrogen) atoms. The summed E-state index contributed by atoms with van der Waals surface area (Å²) in [5.41, 5.74) is 1.83. The Kier molecular flexibility index (Phi) is 3.37. The van der Waals surface area contributed by atoms with Gasteiger partial charge >= 0.3 is 0 Å². The van der Waals surface area contributed by atoms with Crippen LogP contribution in [0.4, 0.5) is 0 Å². The molecule has 1 aromatic carbocycles. The SMILES string of the molecule is C#CCOCc1cc(-c2ccccc2)no1. The molecule has 2 rings (SSSR count). The summed E-state index contributed by atoms with van der Waals surface area (Å²) >= 11 is 0. The molecule has 0 fully saturated rings. The number of nitrogens with zero attached hydrogens (tertiary/aromatic N) is 1. The fraction of sp³-hybridized carbons (Fsp3) is 0.154. The smallest absolute Gasteiger partial charge is 0.163 e. The molecule has 0 amide bonds. The lowest BCUT2D eigenvalue weighted by molar-refractivity contribution is 0.129. The summed E-state index contributed by atoms with van der Waals surface area (Å²) in [4.78, 5) is 0. The fourth-order valence-corrected chi connectivity index (χ4v) is 1.34. The van der Waals surface area contributed by atoms with Crippen LogP contribution in [0.25, 0.3) is 11.3 Å². The zero-order valence-corrected chi connectivity index (χ0v) is 8.72. The van der Waals surface area contributed by atoms with Gasteiger partial charge in [0.1, 0.15) is 18.9 Å². The Morgan fingerprint density at radius 3 is 2.88 bits per heavy atom. The first-order chi connectivity index (χ1) is 7.90. The maximum atomic E-state index is 5.15. The number of hydrogen-bond acceptors (Lipinski definition) is 3. The summed E-state index contributed by atoms with van der Waals surface area (Å²) in [6, 6.07) is 11.7. The van der Waals surface area contributed by atoms with Crippen molar-refractivity contribution in [1.29, 1.82) is 0 Å². The molecule has 0 aliphatic heterocycles. The van der Waals surface area contributed by atoms with E-state index >= 15 is 0 Å². The second-order valence-electron chi connectivity index (χ2n) is 3.24. The minimum Gasteiger partial charge on any atom is -0.361 e. The lowest BCUT2D eigenvalue weighted by Gasteiger charge is -1.93. The fourth-order valence-electron chi connectivity index (χ4n) is 1.34. The second kappa shape index (κ2) is 5.15. The normalized spacial score (nSPS) is 9.94. The molecule has 2 aromatic rings. The molecule has 0 saturated heterocycles. The van der Waals surface area contributed by atoms with Crippen molar-refractivity contribution in [3.05, 3.63) is 42.2 Å². The average molecular weight is 213 g/mol. The Morgan fingerprint density at radius 2 is 2.12 bits per heavy atom. The van der Waals surface area contributed by atoms with E-state index in [0.29, 0.717) is 12.4 Å². The van der Waals surface area contributed by atoms with Crippen LogP contribution < -0.4 is 0 Å². The summed E-state index contributed by atoms with van der Waals surface area (Å²) in [5.74, 6) is 3.07. The van der Waals surface area contributed by atoms with Gasteiger partial charge in [0.05, 0.1) is 0 Å². The summed E-state index contributed by atoms with van der Waals surface area (Å²) in [6.45, 7) is 0.630. The molecular weight excluding hydrogens is 202 g/mol. The van der Waals surface area contributed by atoms with Crippen molar-refractivity contribution in [2.45, 2.75) is 6.61 Å². The van der Waals surface area contributed by atoms with Crippen molar-refractivity contribution in [3.8, 4) is 23.6 Å². The van der Waals surface area contributed by atoms with Gasteiger partial charge in [-0.2, -0.15) is 0 Å². The van der Waals surface area contributed by atoms with Crippen molar-refractivity contribution in [2.24, 2.45) is 0 Å². The van der Waals surface area contributed by atoms with Crippen LogP contribution in [0, 0.1) is 12.3 Å². The van der Waals surface area contributed by atoms with Crippen LogP contribution in [0.3, 0.4) is 0 Å². The molecule has 0 radical (unpaired) electrons. The number of hydrogen-bond donors (Lipinski definition) is 0. The molecule has 1 heterocycles. The van der Waals surface area contributed by atoms with E-state index in [1.165, 1.54) is 0 Å². The standard InChI is InChI=1S/C13H11NO2/c1-2-8-15-10-12-9-13(14-16-12)11-6-4-3-5-7-11/h1,3-7,9H,8,10H2. The van der Waals surface area contributed by atoms with Gasteiger partial charge in [-0.25, -0.2) is 0 Å². The maximum Gasteiger partial charge on any atom is 0.163 e. The Labute approximate surface area is 94.0 Å². The van der Waals surface area contributed by atoms with Gasteiger partial charge < -0.3 is 9.26 Å². The Balaban J connectivity index is 2.06. The first-order valence-electron chi connectivity index (χ1n) is 4.92. The van der Waals surface area contributed by atoms with E-state index in [0.717, 1.165) is 11.3 Å². The maximum absolute atomic E-state index is 5.15. The van der Waals surface area contributed by atoms with E-state index in [1.807, 2.05) is 36.4 Å². The third-order valence-electron chi connectivity index (χ3n) is 2.06. The number of benzene rings is 1. The van der Waals surface area contributed by atoms with Gasteiger partial charge in [0.2, 0.25) is 0 Å². The van der Waals surface area contributed by atoms with Crippen LogP contribution in [-0.4, -0.2) is 11.8 Å². The Hall–Kier alpha value is -2.05. The topological polar surface area (TPSA) is 35.3 Å². The summed E-state index contributed by atoms with van der Waals surface area (Å²) in [5, 5.41) is 3.96. The highest BCUT2D eigenvalue weighted by Crippen LogP contribution is 2.18. The summed E-state index contributed by atoms with van der Waals surface area (Å²) < 4.78 is 10.3. The van der Waals surface area contributed by atoms with Crippen LogP contribution >= 0.6 is 0 Å². The molecule has 0 aliphatic rings. The zero-order chi connectivity index (χ0) is 11.2. The lowest BCUT2D eigenvalue weighted by atomic mass is 10.1. The molecule has 3 nitrogen and oxygen atoms in total. The molecular formula is C13H11NO2. The highest BCUT2D eigenvalue weighted by molar-refractivity contribution is 5.58. The van der Waals surface area contributed by atoms with Crippen LogP contribution in [0.2, 0.25) is 0 Å². The predicted octanol–water partition coefficient (Wildman–Crippen LogP) is 2.49. The van der Waals surface area contributed by atoms with Crippen molar-refractivity contribution in [2.75, 3.05) is 6.61 Å². The van der Waals surface area contributed by atoms with Gasteiger partial charge in [0, 0.05) is 11.6 Å². The van der Waals surface area contributed by atoms with Crippen LogP contribution in [0.5, 0.6) is 0 Å². The number of ether oxygens (including phenoxy) is 1. The van der Waals surface area contributed by atoms with Crippen molar-refractivity contribution in [3.63, 3.8) is 0 Å². The number of aromatic nitrogens is 1. The van der Waals surface area contributed by atoms with Crippen LogP contribution in [-0.2, 0) is 11.3 Å². The Bertz CT molecular complexity index is 482. The highest BCUT2D eigenvalue weighted by atomic mass is 16.5. The van der Waals surface area contributed by atoms with Crippen molar-refractivity contribution < 1.29 is 9.26 Å². The minimum absolute atomic E-state index is 0.279. The quantitative estimate of drug-likeness (QED) is 0.578. The molecule has 0 bridgehead atoms. The first-order valence-corrected chi connectivity index (χ1v) is 4.92. The molecule has 0 aliphatic carbocycles. The van der Waals surface area contributed by atoms with Crippen molar-refractivity contribution in [1.82, 2.24) is 5.16 Å².